The lowest BCUT2D eigenvalue weighted by Crippen LogP contribution is -2.58. The molecule has 1 heterocycles. The number of hydrogen-bond donors (Lipinski definition) is 2. The van der Waals surface area contributed by atoms with Gasteiger partial charge in [0.05, 0.1) is 5.69 Å². The predicted octanol–water partition coefficient (Wildman–Crippen LogP) is 3.46. The lowest BCUT2D eigenvalue weighted by molar-refractivity contribution is 0.305. The molecule has 1 fully saturated rings. The van der Waals surface area contributed by atoms with Crippen LogP contribution < -0.4 is 16.4 Å². The fourth-order valence-electron chi connectivity index (χ4n) is 4.00. The average Bonchev–Trinajstić information content (AvgIpc) is 2.63. The number of aliphatic imine (C=N–C) groups is 2. The SMILES string of the molecule is NC1=NC2(CCCCC2)N(c2ccccc2-c2ccccc2)C(N)=N1. The highest BCUT2D eigenvalue weighted by molar-refractivity contribution is 6.07. The van der Waals surface area contributed by atoms with Crippen LogP contribution in [0.4, 0.5) is 5.69 Å². The van der Waals surface area contributed by atoms with Crippen molar-refractivity contribution < 1.29 is 0 Å². The van der Waals surface area contributed by atoms with E-state index in [1.807, 2.05) is 30.3 Å². The third-order valence-corrected chi connectivity index (χ3v) is 5.08. The maximum atomic E-state index is 6.37. The van der Waals surface area contributed by atoms with Crippen molar-refractivity contribution in [3.63, 3.8) is 0 Å². The van der Waals surface area contributed by atoms with Crippen molar-refractivity contribution in [3.05, 3.63) is 54.6 Å². The molecule has 4 rings (SSSR count). The van der Waals surface area contributed by atoms with Gasteiger partial charge in [-0.15, -0.1) is 0 Å². The van der Waals surface area contributed by atoms with E-state index in [9.17, 15) is 0 Å². The van der Waals surface area contributed by atoms with E-state index in [-0.39, 0.29) is 5.96 Å². The second-order valence-electron chi connectivity index (χ2n) is 6.70. The number of guanidine groups is 2. The summed E-state index contributed by atoms with van der Waals surface area (Å²) in [4.78, 5) is 11.1. The van der Waals surface area contributed by atoms with E-state index < -0.39 is 5.66 Å². The molecule has 0 bridgehead atoms. The highest BCUT2D eigenvalue weighted by Gasteiger charge is 2.43. The highest BCUT2D eigenvalue weighted by Crippen LogP contribution is 2.42. The van der Waals surface area contributed by atoms with Gasteiger partial charge in [-0.2, -0.15) is 4.99 Å². The zero-order valence-electron chi connectivity index (χ0n) is 14.2. The number of para-hydroxylation sites is 1. The van der Waals surface area contributed by atoms with Gasteiger partial charge in [-0.05, 0) is 37.3 Å². The first-order chi connectivity index (χ1) is 12.2. The predicted molar refractivity (Wildman–Crippen MR) is 103 cm³/mol. The monoisotopic (exact) mass is 333 g/mol. The molecular weight excluding hydrogens is 310 g/mol. The van der Waals surface area contributed by atoms with E-state index in [0.29, 0.717) is 5.96 Å². The molecule has 1 spiro atoms. The van der Waals surface area contributed by atoms with Crippen LogP contribution in [0.2, 0.25) is 0 Å². The van der Waals surface area contributed by atoms with Crippen molar-refractivity contribution in [2.45, 2.75) is 37.8 Å². The summed E-state index contributed by atoms with van der Waals surface area (Å²) in [6.07, 6.45) is 5.34. The molecule has 2 aromatic rings. The molecule has 25 heavy (non-hydrogen) atoms. The van der Waals surface area contributed by atoms with Crippen LogP contribution in [0.15, 0.2) is 64.6 Å². The molecule has 0 unspecified atom stereocenters. The summed E-state index contributed by atoms with van der Waals surface area (Å²) in [6, 6.07) is 18.6. The lowest BCUT2D eigenvalue weighted by Gasteiger charge is -2.46. The minimum atomic E-state index is -0.418. The minimum Gasteiger partial charge on any atom is -0.369 e. The molecule has 2 aliphatic rings. The zero-order valence-corrected chi connectivity index (χ0v) is 14.2. The molecule has 5 nitrogen and oxygen atoms in total. The maximum Gasteiger partial charge on any atom is 0.220 e. The molecule has 128 valence electrons. The number of hydrogen-bond acceptors (Lipinski definition) is 5. The van der Waals surface area contributed by atoms with Gasteiger partial charge in [0.1, 0.15) is 5.66 Å². The molecule has 0 radical (unpaired) electrons. The van der Waals surface area contributed by atoms with Gasteiger partial charge in [-0.1, -0.05) is 55.0 Å². The Bertz CT molecular complexity index is 819. The molecule has 0 saturated heterocycles. The van der Waals surface area contributed by atoms with E-state index in [4.69, 9.17) is 16.5 Å². The van der Waals surface area contributed by atoms with E-state index >= 15 is 0 Å². The molecular formula is C20H23N5. The van der Waals surface area contributed by atoms with Crippen LogP contribution in [0.25, 0.3) is 11.1 Å². The lowest BCUT2D eigenvalue weighted by atomic mass is 9.86. The van der Waals surface area contributed by atoms with Crippen molar-refractivity contribution in [2.24, 2.45) is 21.5 Å². The smallest absolute Gasteiger partial charge is 0.220 e. The Kier molecular flexibility index (Phi) is 3.92. The Labute approximate surface area is 148 Å². The number of benzene rings is 2. The molecule has 0 atom stereocenters. The number of anilines is 1. The fraction of sp³-hybridized carbons (Fsp3) is 0.300. The van der Waals surface area contributed by atoms with Crippen LogP contribution in [0.5, 0.6) is 0 Å². The summed E-state index contributed by atoms with van der Waals surface area (Å²) in [6.45, 7) is 0. The second-order valence-corrected chi connectivity index (χ2v) is 6.70. The summed E-state index contributed by atoms with van der Waals surface area (Å²) in [5, 5.41) is 0. The Hall–Kier alpha value is -2.82. The summed E-state index contributed by atoms with van der Waals surface area (Å²) in [5.41, 5.74) is 15.2. The van der Waals surface area contributed by atoms with Crippen molar-refractivity contribution >= 4 is 17.6 Å². The summed E-state index contributed by atoms with van der Waals surface area (Å²) in [7, 11) is 0. The van der Waals surface area contributed by atoms with Gasteiger partial charge in [-0.3, -0.25) is 4.90 Å². The molecule has 5 heteroatoms. The standard InChI is InChI=1S/C20H23N5/c21-18-23-19(22)25(20(24-18)13-7-2-8-14-20)17-12-6-5-11-16(17)15-9-3-1-4-10-15/h1,3-6,9-12H,2,7-8,13-14H2,(H4,21,22,23,24). The van der Waals surface area contributed by atoms with Crippen molar-refractivity contribution in [3.8, 4) is 11.1 Å². The van der Waals surface area contributed by atoms with Gasteiger partial charge < -0.3 is 11.5 Å². The zero-order chi connectivity index (χ0) is 17.3. The first-order valence-corrected chi connectivity index (χ1v) is 8.84. The van der Waals surface area contributed by atoms with Gasteiger partial charge in [0, 0.05) is 5.56 Å². The highest BCUT2D eigenvalue weighted by atomic mass is 15.4. The molecule has 1 saturated carbocycles. The molecule has 0 aromatic heterocycles. The molecule has 1 aliphatic heterocycles. The van der Waals surface area contributed by atoms with Crippen LogP contribution >= 0.6 is 0 Å². The molecule has 1 aliphatic carbocycles. The summed E-state index contributed by atoms with van der Waals surface area (Å²) < 4.78 is 0. The Balaban J connectivity index is 1.87. The second kappa shape index (κ2) is 6.24. The van der Waals surface area contributed by atoms with Gasteiger partial charge in [0.25, 0.3) is 0 Å². The molecule has 4 N–H and O–H groups in total. The van der Waals surface area contributed by atoms with Gasteiger partial charge in [0.2, 0.25) is 11.9 Å². The van der Waals surface area contributed by atoms with Gasteiger partial charge in [-0.25, -0.2) is 4.99 Å². The minimum absolute atomic E-state index is 0.285. The van der Waals surface area contributed by atoms with Crippen molar-refractivity contribution in [1.82, 2.24) is 0 Å². The van der Waals surface area contributed by atoms with Crippen LogP contribution in [0.1, 0.15) is 32.1 Å². The third-order valence-electron chi connectivity index (χ3n) is 5.08. The topological polar surface area (TPSA) is 80.0 Å². The largest absolute Gasteiger partial charge is 0.369 e. The van der Waals surface area contributed by atoms with Crippen molar-refractivity contribution in [1.29, 1.82) is 0 Å². The first kappa shape index (κ1) is 15.7. The van der Waals surface area contributed by atoms with E-state index in [2.05, 4.69) is 34.2 Å². The van der Waals surface area contributed by atoms with Crippen LogP contribution in [0.3, 0.4) is 0 Å². The Morgan fingerprint density at radius 3 is 2.28 bits per heavy atom. The van der Waals surface area contributed by atoms with E-state index in [0.717, 1.165) is 42.5 Å². The molecule has 2 aromatic carbocycles. The Morgan fingerprint density at radius 2 is 1.52 bits per heavy atom. The number of rotatable bonds is 2. The molecule has 0 amide bonds. The average molecular weight is 333 g/mol. The normalized spacial score (nSPS) is 19.4. The maximum absolute atomic E-state index is 6.37. The van der Waals surface area contributed by atoms with Gasteiger partial charge in [0.15, 0.2) is 0 Å². The van der Waals surface area contributed by atoms with Crippen molar-refractivity contribution in [2.75, 3.05) is 4.90 Å². The number of nitrogens with zero attached hydrogens (tertiary/aromatic N) is 3. The third kappa shape index (κ3) is 2.76. The summed E-state index contributed by atoms with van der Waals surface area (Å²) >= 11 is 0. The van der Waals surface area contributed by atoms with E-state index in [1.165, 1.54) is 6.42 Å². The van der Waals surface area contributed by atoms with Gasteiger partial charge >= 0.3 is 0 Å². The van der Waals surface area contributed by atoms with Crippen LogP contribution in [-0.2, 0) is 0 Å². The van der Waals surface area contributed by atoms with E-state index in [1.54, 1.807) is 0 Å². The number of nitrogens with two attached hydrogens (primary N) is 2. The first-order valence-electron chi connectivity index (χ1n) is 8.84. The van der Waals surface area contributed by atoms with Crippen LogP contribution in [-0.4, -0.2) is 17.6 Å². The summed E-state index contributed by atoms with van der Waals surface area (Å²) in [5.74, 6) is 0.714. The van der Waals surface area contributed by atoms with Crippen LogP contribution in [0, 0.1) is 0 Å². The Morgan fingerprint density at radius 1 is 0.840 bits per heavy atom. The fourth-order valence-corrected chi connectivity index (χ4v) is 4.00. The quantitative estimate of drug-likeness (QED) is 0.883.